The number of carbonyl (C=O) groups excluding carboxylic acids is 1. The van der Waals surface area contributed by atoms with Gasteiger partial charge < -0.3 is 15.3 Å². The zero-order valence-corrected chi connectivity index (χ0v) is 11.8. The molecule has 4 heteroatoms. The van der Waals surface area contributed by atoms with E-state index < -0.39 is 0 Å². The molecule has 0 aromatic heterocycles. The predicted octanol–water partition coefficient (Wildman–Crippen LogP) is 1.38. The first-order valence-electron chi connectivity index (χ1n) is 6.78. The van der Waals surface area contributed by atoms with E-state index in [-0.39, 0.29) is 24.6 Å². The van der Waals surface area contributed by atoms with Gasteiger partial charge in [0.15, 0.2) is 0 Å². The Morgan fingerprint density at radius 3 is 2.74 bits per heavy atom. The topological polar surface area (TPSA) is 52.6 Å². The molecule has 1 fully saturated rings. The fourth-order valence-electron chi connectivity index (χ4n) is 2.48. The van der Waals surface area contributed by atoms with Crippen molar-refractivity contribution in [3.63, 3.8) is 0 Å². The van der Waals surface area contributed by atoms with Gasteiger partial charge in [-0.3, -0.25) is 4.79 Å². The lowest BCUT2D eigenvalue weighted by molar-refractivity contribution is -0.122. The molecule has 1 aromatic carbocycles. The van der Waals surface area contributed by atoms with Crippen LogP contribution in [0, 0.1) is 13.8 Å². The summed E-state index contributed by atoms with van der Waals surface area (Å²) in [5, 5.41) is 12.3. The van der Waals surface area contributed by atoms with Crippen molar-refractivity contribution in [3.05, 3.63) is 29.3 Å². The minimum Gasteiger partial charge on any atom is -0.396 e. The van der Waals surface area contributed by atoms with Crippen LogP contribution in [-0.4, -0.2) is 36.2 Å². The molecule has 0 spiro atoms. The number of carbonyl (C=O) groups is 1. The minimum absolute atomic E-state index is 0.0247. The maximum absolute atomic E-state index is 12.4. The van der Waals surface area contributed by atoms with Crippen molar-refractivity contribution in [2.24, 2.45) is 0 Å². The van der Waals surface area contributed by atoms with Gasteiger partial charge in [-0.2, -0.15) is 0 Å². The molecule has 1 heterocycles. The van der Waals surface area contributed by atoms with Gasteiger partial charge in [-0.15, -0.1) is 0 Å². The number of hydrogen-bond acceptors (Lipinski definition) is 3. The maximum Gasteiger partial charge on any atom is 0.244 e. The molecule has 1 aliphatic heterocycles. The van der Waals surface area contributed by atoms with Crippen LogP contribution in [0.4, 0.5) is 5.69 Å². The maximum atomic E-state index is 12.4. The second-order valence-electron chi connectivity index (χ2n) is 5.35. The van der Waals surface area contributed by atoms with Crippen LogP contribution in [0.25, 0.3) is 0 Å². The van der Waals surface area contributed by atoms with Crippen LogP contribution in [0.3, 0.4) is 0 Å². The Balaban J connectivity index is 2.26. The second kappa shape index (κ2) is 5.72. The van der Waals surface area contributed by atoms with Crippen molar-refractivity contribution in [1.29, 1.82) is 0 Å². The van der Waals surface area contributed by atoms with Crippen molar-refractivity contribution < 1.29 is 9.90 Å². The fourth-order valence-corrected chi connectivity index (χ4v) is 2.48. The molecule has 1 amide bonds. The number of rotatable bonds is 3. The van der Waals surface area contributed by atoms with Crippen molar-refractivity contribution >= 4 is 11.6 Å². The number of piperazine rings is 1. The molecule has 1 aromatic rings. The molecule has 1 saturated heterocycles. The number of nitrogens with zero attached hydrogens (tertiary/aromatic N) is 1. The summed E-state index contributed by atoms with van der Waals surface area (Å²) in [6.07, 6.45) is 0.463. The van der Waals surface area contributed by atoms with Gasteiger partial charge in [-0.05, 0) is 50.5 Å². The molecule has 104 valence electrons. The molecule has 0 radical (unpaired) electrons. The van der Waals surface area contributed by atoms with Crippen molar-refractivity contribution in [2.75, 3.05) is 18.1 Å². The zero-order chi connectivity index (χ0) is 14.0. The summed E-state index contributed by atoms with van der Waals surface area (Å²) in [7, 11) is 0. The summed E-state index contributed by atoms with van der Waals surface area (Å²) in [6.45, 7) is 6.88. The molecule has 0 bridgehead atoms. The molecule has 2 unspecified atom stereocenters. The van der Waals surface area contributed by atoms with E-state index in [9.17, 15) is 4.79 Å². The Hall–Kier alpha value is -1.39. The van der Waals surface area contributed by atoms with Gasteiger partial charge in [-0.1, -0.05) is 6.07 Å². The van der Waals surface area contributed by atoms with Crippen molar-refractivity contribution in [2.45, 2.75) is 39.3 Å². The standard InChI is InChI=1S/C15H22N2O2/c1-10-4-5-13(8-11(10)2)17-9-12(3)16-14(6-7-18)15(17)19/h4-5,8,12,14,16,18H,6-7,9H2,1-3H3. The van der Waals surface area contributed by atoms with Crippen LogP contribution < -0.4 is 10.2 Å². The summed E-state index contributed by atoms with van der Waals surface area (Å²) in [4.78, 5) is 14.2. The smallest absolute Gasteiger partial charge is 0.244 e. The van der Waals surface area contributed by atoms with Crippen LogP contribution in [0.2, 0.25) is 0 Å². The Kier molecular flexibility index (Phi) is 4.22. The third-order valence-corrected chi connectivity index (χ3v) is 3.73. The van der Waals surface area contributed by atoms with Gasteiger partial charge in [0.2, 0.25) is 5.91 Å². The van der Waals surface area contributed by atoms with Gasteiger partial charge >= 0.3 is 0 Å². The third-order valence-electron chi connectivity index (χ3n) is 3.73. The van der Waals surface area contributed by atoms with E-state index in [2.05, 4.69) is 32.2 Å². The van der Waals surface area contributed by atoms with Crippen LogP contribution in [0.1, 0.15) is 24.5 Å². The number of aryl methyl sites for hydroxylation is 2. The first-order chi connectivity index (χ1) is 9.02. The number of benzene rings is 1. The molecule has 2 rings (SSSR count). The highest BCUT2D eigenvalue weighted by Gasteiger charge is 2.32. The minimum atomic E-state index is -0.282. The lowest BCUT2D eigenvalue weighted by Crippen LogP contribution is -2.59. The van der Waals surface area contributed by atoms with Gasteiger partial charge in [-0.25, -0.2) is 0 Å². The number of aliphatic hydroxyl groups is 1. The average Bonchev–Trinajstić information content (AvgIpc) is 2.37. The van der Waals surface area contributed by atoms with E-state index in [1.807, 2.05) is 17.0 Å². The van der Waals surface area contributed by atoms with E-state index in [4.69, 9.17) is 5.11 Å². The fraction of sp³-hybridized carbons (Fsp3) is 0.533. The number of aliphatic hydroxyl groups excluding tert-OH is 1. The van der Waals surface area contributed by atoms with E-state index >= 15 is 0 Å². The Morgan fingerprint density at radius 2 is 2.11 bits per heavy atom. The second-order valence-corrected chi connectivity index (χ2v) is 5.35. The highest BCUT2D eigenvalue weighted by molar-refractivity contribution is 5.98. The first kappa shape index (κ1) is 14.0. The van der Waals surface area contributed by atoms with Crippen LogP contribution in [0.5, 0.6) is 0 Å². The van der Waals surface area contributed by atoms with Crippen LogP contribution in [0.15, 0.2) is 18.2 Å². The SMILES string of the molecule is Cc1ccc(N2CC(C)NC(CCO)C2=O)cc1C. The molecular weight excluding hydrogens is 240 g/mol. The van der Waals surface area contributed by atoms with Crippen LogP contribution in [-0.2, 0) is 4.79 Å². The van der Waals surface area contributed by atoms with Crippen molar-refractivity contribution in [3.8, 4) is 0 Å². The van der Waals surface area contributed by atoms with E-state index in [0.717, 1.165) is 5.69 Å². The molecule has 0 saturated carbocycles. The normalized spacial score (nSPS) is 23.8. The van der Waals surface area contributed by atoms with E-state index in [1.54, 1.807) is 0 Å². The summed E-state index contributed by atoms with van der Waals surface area (Å²) in [6, 6.07) is 6.05. The molecule has 4 nitrogen and oxygen atoms in total. The Labute approximate surface area is 114 Å². The summed E-state index contributed by atoms with van der Waals surface area (Å²) < 4.78 is 0. The van der Waals surface area contributed by atoms with Gasteiger partial charge in [0.1, 0.15) is 0 Å². The largest absolute Gasteiger partial charge is 0.396 e. The molecule has 2 atom stereocenters. The molecule has 2 N–H and O–H groups in total. The lowest BCUT2D eigenvalue weighted by atomic mass is 10.0. The quantitative estimate of drug-likeness (QED) is 0.865. The molecular formula is C15H22N2O2. The number of hydrogen-bond donors (Lipinski definition) is 2. The number of amides is 1. The Morgan fingerprint density at radius 1 is 1.37 bits per heavy atom. The van der Waals surface area contributed by atoms with Crippen molar-refractivity contribution in [1.82, 2.24) is 5.32 Å². The van der Waals surface area contributed by atoms with Gasteiger partial charge in [0, 0.05) is 24.9 Å². The lowest BCUT2D eigenvalue weighted by Gasteiger charge is -2.37. The van der Waals surface area contributed by atoms with E-state index in [0.29, 0.717) is 13.0 Å². The zero-order valence-electron chi connectivity index (χ0n) is 11.8. The number of anilines is 1. The third kappa shape index (κ3) is 2.96. The van der Waals surface area contributed by atoms with Crippen LogP contribution >= 0.6 is 0 Å². The summed E-state index contributed by atoms with van der Waals surface area (Å²) in [5.74, 6) is 0.0513. The van der Waals surface area contributed by atoms with Gasteiger partial charge in [0.05, 0.1) is 6.04 Å². The van der Waals surface area contributed by atoms with E-state index in [1.165, 1.54) is 11.1 Å². The number of nitrogens with one attached hydrogen (secondary N) is 1. The predicted molar refractivity (Wildman–Crippen MR) is 76.4 cm³/mol. The van der Waals surface area contributed by atoms with Gasteiger partial charge in [0.25, 0.3) is 0 Å². The highest BCUT2D eigenvalue weighted by atomic mass is 16.3. The summed E-state index contributed by atoms with van der Waals surface area (Å²) in [5.41, 5.74) is 3.37. The molecule has 1 aliphatic rings. The average molecular weight is 262 g/mol. The molecule has 0 aliphatic carbocycles. The Bertz CT molecular complexity index is 473. The first-order valence-corrected chi connectivity index (χ1v) is 6.78. The highest BCUT2D eigenvalue weighted by Crippen LogP contribution is 2.22. The monoisotopic (exact) mass is 262 g/mol. The molecule has 19 heavy (non-hydrogen) atoms. The summed E-state index contributed by atoms with van der Waals surface area (Å²) >= 11 is 0.